The number of ether oxygens (including phenoxy) is 4. The molecule has 5 atom stereocenters. The number of nitrogens with one attached hydrogen (secondary N) is 1. The highest BCUT2D eigenvalue weighted by Gasteiger charge is 2.46. The molecule has 53 heavy (non-hydrogen) atoms. The molecule has 4 aliphatic rings. The van der Waals surface area contributed by atoms with Gasteiger partial charge in [0.05, 0.1) is 33.5 Å². The second-order valence-corrected chi connectivity index (χ2v) is 19.2. The molecule has 2 amide bonds. The number of fused-ring (bicyclic) bond motifs is 4. The lowest BCUT2D eigenvalue weighted by atomic mass is 9.91. The molecule has 13 nitrogen and oxygen atoms in total. The van der Waals surface area contributed by atoms with Crippen LogP contribution in [0.2, 0.25) is 0 Å². The molecule has 2 fully saturated rings. The molecule has 4 aliphatic heterocycles. The number of hydrogen-bond acceptors (Lipinski definition) is 9. The fraction of sp³-hybridized carbons (Fsp3) is 0.526. The quantitative estimate of drug-likeness (QED) is 0.151. The zero-order valence-electron chi connectivity index (χ0n) is 30.9. The summed E-state index contributed by atoms with van der Waals surface area (Å²) in [4.78, 5) is 30.5. The van der Waals surface area contributed by atoms with Crippen LogP contribution >= 0.6 is 7.29 Å². The molecular formula is C38H50N3O10PS. The van der Waals surface area contributed by atoms with Gasteiger partial charge in [-0.25, -0.2) is 0 Å². The SMILES string of the molecule is C=C1C[C@H]2C(C)Cc3cc(OCCP(=O)(CCOc4cc5c(cc4OC)C(=O)N4CC(=C)C[C@H]4C(S(=O)(=O)O)C5)NCCC)c(OC)cc3C(=O)N2C1. The van der Waals surface area contributed by atoms with Gasteiger partial charge in [-0.1, -0.05) is 38.2 Å². The van der Waals surface area contributed by atoms with Crippen LogP contribution in [0.3, 0.4) is 0 Å². The van der Waals surface area contributed by atoms with Crippen LogP contribution in [0.4, 0.5) is 0 Å². The van der Waals surface area contributed by atoms with E-state index in [2.05, 4.69) is 25.2 Å². The Balaban J connectivity index is 1.16. The molecule has 2 N–H and O–H groups in total. The summed E-state index contributed by atoms with van der Waals surface area (Å²) in [5, 5.41) is 1.98. The van der Waals surface area contributed by atoms with E-state index in [4.69, 9.17) is 18.9 Å². The van der Waals surface area contributed by atoms with Gasteiger partial charge in [-0.2, -0.15) is 8.42 Å². The van der Waals surface area contributed by atoms with Crippen molar-refractivity contribution in [3.05, 3.63) is 70.8 Å². The largest absolute Gasteiger partial charge is 0.493 e. The molecule has 15 heteroatoms. The van der Waals surface area contributed by atoms with Gasteiger partial charge in [0, 0.05) is 49.1 Å². The first-order valence-electron chi connectivity index (χ1n) is 18.1. The summed E-state index contributed by atoms with van der Waals surface area (Å²) in [6.45, 7) is 13.6. The number of carbonyl (C=O) groups excluding carboxylic acids is 2. The van der Waals surface area contributed by atoms with Crippen molar-refractivity contribution in [1.82, 2.24) is 14.9 Å². The standard InChI is InChI=1S/C38H50N3O10PS/c1-7-8-39-52(44,11-9-50-34-16-26-15-25(4)30-13-23(2)21-40(30)37(42)28(26)19-32(34)48-5)12-10-51-35-17-27-18-36(53(45,46)47)31-14-24(3)22-41(31)38(43)29(27)20-33(35)49-6/h16-17,19-20,25,30-31,36H,2-3,7-15,18,21-22H2,1,4-6H3,(H,39,44)(H,45,46,47)/t25?,30-,31-,36?,52?/m0/s1. The number of rotatable bonds is 14. The van der Waals surface area contributed by atoms with E-state index in [1.54, 1.807) is 12.1 Å². The van der Waals surface area contributed by atoms with Crippen molar-refractivity contribution < 1.29 is 46.1 Å². The van der Waals surface area contributed by atoms with Gasteiger partial charge in [-0.15, -0.1) is 0 Å². The van der Waals surface area contributed by atoms with E-state index >= 15 is 0 Å². The van der Waals surface area contributed by atoms with E-state index in [9.17, 15) is 27.1 Å². The van der Waals surface area contributed by atoms with Crippen molar-refractivity contribution >= 4 is 29.2 Å². The van der Waals surface area contributed by atoms with Crippen molar-refractivity contribution in [3.8, 4) is 23.0 Å². The Morgan fingerprint density at radius 2 is 1.30 bits per heavy atom. The third-order valence-electron chi connectivity index (χ3n) is 10.8. The first kappa shape index (κ1) is 38.9. The van der Waals surface area contributed by atoms with Crippen LogP contribution in [0.15, 0.2) is 48.6 Å². The number of benzene rings is 2. The van der Waals surface area contributed by atoms with Gasteiger partial charge in [-0.05, 0) is 73.4 Å². The fourth-order valence-electron chi connectivity index (χ4n) is 8.07. The third kappa shape index (κ3) is 8.01. The van der Waals surface area contributed by atoms with Crippen molar-refractivity contribution in [3.63, 3.8) is 0 Å². The molecule has 0 saturated carbocycles. The van der Waals surface area contributed by atoms with Crippen molar-refractivity contribution in [2.75, 3.05) is 59.4 Å². The maximum absolute atomic E-state index is 14.2. The van der Waals surface area contributed by atoms with Crippen LogP contribution in [-0.2, 0) is 27.5 Å². The van der Waals surface area contributed by atoms with E-state index in [0.717, 1.165) is 29.6 Å². The topological polar surface area (TPSA) is 161 Å². The Bertz CT molecular complexity index is 1970. The highest BCUT2D eigenvalue weighted by Crippen LogP contribution is 2.44. The minimum Gasteiger partial charge on any atom is -0.493 e. The zero-order chi connectivity index (χ0) is 38.2. The molecule has 2 aromatic carbocycles. The van der Waals surface area contributed by atoms with E-state index in [1.807, 2.05) is 17.9 Å². The second kappa shape index (κ2) is 15.5. The molecule has 0 aliphatic carbocycles. The summed E-state index contributed by atoms with van der Waals surface area (Å²) in [6.07, 6.45) is 2.78. The first-order valence-corrected chi connectivity index (χ1v) is 21.7. The van der Waals surface area contributed by atoms with Gasteiger partial charge in [0.2, 0.25) is 0 Å². The first-order chi connectivity index (χ1) is 25.2. The summed E-state index contributed by atoms with van der Waals surface area (Å²) >= 11 is 0. The maximum Gasteiger partial charge on any atom is 0.270 e. The molecule has 0 aromatic heterocycles. The number of methoxy groups -OCH3 is 2. The molecular weight excluding hydrogens is 721 g/mol. The molecule has 2 saturated heterocycles. The number of hydrogen-bond donors (Lipinski definition) is 2. The Hall–Kier alpha value is -3.84. The molecule has 288 valence electrons. The summed E-state index contributed by atoms with van der Waals surface area (Å²) < 4.78 is 72.9. The third-order valence-corrected chi connectivity index (χ3v) is 14.7. The van der Waals surface area contributed by atoms with Gasteiger partial charge >= 0.3 is 0 Å². The molecule has 0 radical (unpaired) electrons. The van der Waals surface area contributed by atoms with Crippen LogP contribution in [0.5, 0.6) is 23.0 Å². The zero-order valence-corrected chi connectivity index (χ0v) is 32.6. The van der Waals surface area contributed by atoms with E-state index in [0.29, 0.717) is 42.1 Å². The smallest absolute Gasteiger partial charge is 0.270 e. The van der Waals surface area contributed by atoms with Crippen LogP contribution < -0.4 is 24.0 Å². The summed E-state index contributed by atoms with van der Waals surface area (Å²) in [6, 6.07) is 6.09. The molecule has 0 spiro atoms. The van der Waals surface area contributed by atoms with Crippen LogP contribution in [-0.4, -0.2) is 111 Å². The Kier molecular flexibility index (Phi) is 11.4. The lowest BCUT2D eigenvalue weighted by molar-refractivity contribution is 0.0709. The highest BCUT2D eigenvalue weighted by atomic mass is 32.2. The van der Waals surface area contributed by atoms with E-state index in [-0.39, 0.29) is 85.8 Å². The Morgan fingerprint density at radius 3 is 1.79 bits per heavy atom. The van der Waals surface area contributed by atoms with Gasteiger partial charge in [0.1, 0.15) is 5.25 Å². The van der Waals surface area contributed by atoms with Crippen LogP contribution in [0, 0.1) is 5.92 Å². The average Bonchev–Trinajstić information content (AvgIpc) is 3.65. The predicted molar refractivity (Wildman–Crippen MR) is 202 cm³/mol. The predicted octanol–water partition coefficient (Wildman–Crippen LogP) is 4.99. The number of nitrogens with zero attached hydrogens (tertiary/aromatic N) is 2. The van der Waals surface area contributed by atoms with Gasteiger partial charge in [-0.3, -0.25) is 19.2 Å². The minimum atomic E-state index is -4.51. The van der Waals surface area contributed by atoms with Crippen molar-refractivity contribution in [2.24, 2.45) is 5.92 Å². The number of carbonyl (C=O) groups is 2. The van der Waals surface area contributed by atoms with Crippen LogP contribution in [0.1, 0.15) is 65.0 Å². The molecule has 4 heterocycles. The summed E-state index contributed by atoms with van der Waals surface area (Å²) in [5.41, 5.74) is 3.95. The normalized spacial score (nSPS) is 23.7. The van der Waals surface area contributed by atoms with Gasteiger partial charge < -0.3 is 33.3 Å². The van der Waals surface area contributed by atoms with Crippen molar-refractivity contribution in [2.45, 2.75) is 63.3 Å². The fourth-order valence-corrected chi connectivity index (χ4v) is 11.0. The highest BCUT2D eigenvalue weighted by molar-refractivity contribution is 7.86. The summed E-state index contributed by atoms with van der Waals surface area (Å²) in [5.74, 6) is 1.27. The average molecular weight is 772 g/mol. The van der Waals surface area contributed by atoms with E-state index < -0.39 is 28.7 Å². The second-order valence-electron chi connectivity index (χ2n) is 14.6. The monoisotopic (exact) mass is 771 g/mol. The Morgan fingerprint density at radius 1 is 0.811 bits per heavy atom. The molecule has 0 bridgehead atoms. The molecule has 3 unspecified atom stereocenters. The summed E-state index contributed by atoms with van der Waals surface area (Å²) in [7, 11) is -4.59. The van der Waals surface area contributed by atoms with Crippen molar-refractivity contribution in [1.29, 1.82) is 0 Å². The molecule has 2 aromatic rings. The maximum atomic E-state index is 14.2. The minimum absolute atomic E-state index is 0.0274. The van der Waals surface area contributed by atoms with E-state index in [1.165, 1.54) is 25.2 Å². The molecule has 6 rings (SSSR count). The Labute approximate surface area is 311 Å². The lowest BCUT2D eigenvalue weighted by Gasteiger charge is -2.26. The van der Waals surface area contributed by atoms with Gasteiger partial charge in [0.25, 0.3) is 21.9 Å². The number of amides is 2. The van der Waals surface area contributed by atoms with Gasteiger partial charge in [0.15, 0.2) is 30.3 Å². The lowest BCUT2D eigenvalue weighted by Crippen LogP contribution is -2.44. The van der Waals surface area contributed by atoms with Crippen LogP contribution in [0.25, 0.3) is 0 Å².